The van der Waals surface area contributed by atoms with Gasteiger partial charge in [0.1, 0.15) is 0 Å². The van der Waals surface area contributed by atoms with E-state index in [-0.39, 0.29) is 0 Å². The van der Waals surface area contributed by atoms with Crippen LogP contribution in [0.15, 0.2) is 41.6 Å². The Labute approximate surface area is 111 Å². The van der Waals surface area contributed by atoms with Gasteiger partial charge in [-0.2, -0.15) is 0 Å². The Morgan fingerprint density at radius 3 is 2.26 bits per heavy atom. The number of rotatable bonds is 3. The molecule has 1 aliphatic rings. The maximum Gasteiger partial charge on any atom is 0.328 e. The molecule has 0 heterocycles. The summed E-state index contributed by atoms with van der Waals surface area (Å²) in [7, 11) is 2.51. The standard InChI is InChI=1S/C15H14O4/c1-18-13(16)15(14(17)19-2)10-12(15)9-8-11-6-4-3-5-7-11/h3-8H,10H2,1-2H3. The molecular formula is C15H14O4. The molecule has 0 radical (unpaired) electrons. The molecule has 0 saturated heterocycles. The van der Waals surface area contributed by atoms with Gasteiger partial charge < -0.3 is 9.47 Å². The molecule has 19 heavy (non-hydrogen) atoms. The second kappa shape index (κ2) is 5.12. The van der Waals surface area contributed by atoms with Crippen molar-refractivity contribution >= 4 is 18.0 Å². The molecule has 1 aromatic rings. The normalized spacial score (nSPS) is 15.2. The number of benzene rings is 1. The number of esters is 2. The first-order valence-corrected chi connectivity index (χ1v) is 5.83. The highest BCUT2D eigenvalue weighted by Crippen LogP contribution is 2.53. The van der Waals surface area contributed by atoms with Crippen LogP contribution in [0.25, 0.3) is 6.08 Å². The van der Waals surface area contributed by atoms with Crippen molar-refractivity contribution in [3.8, 4) is 0 Å². The lowest BCUT2D eigenvalue weighted by Gasteiger charge is -2.08. The van der Waals surface area contributed by atoms with E-state index in [2.05, 4.69) is 15.2 Å². The van der Waals surface area contributed by atoms with Crippen LogP contribution in [0.3, 0.4) is 0 Å². The minimum Gasteiger partial charge on any atom is -0.468 e. The monoisotopic (exact) mass is 258 g/mol. The maximum absolute atomic E-state index is 11.7. The number of methoxy groups -OCH3 is 2. The summed E-state index contributed by atoms with van der Waals surface area (Å²) in [6, 6.07) is 9.54. The maximum atomic E-state index is 11.7. The van der Waals surface area contributed by atoms with Crippen LogP contribution in [0.5, 0.6) is 0 Å². The Bertz CT molecular complexity index is 549. The van der Waals surface area contributed by atoms with Crippen molar-refractivity contribution in [1.29, 1.82) is 0 Å². The van der Waals surface area contributed by atoms with Gasteiger partial charge in [-0.05, 0) is 11.6 Å². The molecule has 1 aromatic carbocycles. The van der Waals surface area contributed by atoms with E-state index in [1.807, 2.05) is 30.3 Å². The smallest absolute Gasteiger partial charge is 0.328 e. The van der Waals surface area contributed by atoms with Gasteiger partial charge in [0.25, 0.3) is 0 Å². The van der Waals surface area contributed by atoms with Gasteiger partial charge >= 0.3 is 11.9 Å². The first-order valence-electron chi connectivity index (χ1n) is 5.83. The lowest BCUT2D eigenvalue weighted by atomic mass is 10.1. The van der Waals surface area contributed by atoms with Crippen LogP contribution in [0, 0.1) is 5.41 Å². The Kier molecular flexibility index (Phi) is 3.54. The molecule has 1 aliphatic carbocycles. The lowest BCUT2D eigenvalue weighted by molar-refractivity contribution is -0.160. The van der Waals surface area contributed by atoms with Gasteiger partial charge in [-0.15, -0.1) is 5.73 Å². The third-order valence-corrected chi connectivity index (χ3v) is 3.11. The van der Waals surface area contributed by atoms with Crippen LogP contribution in [-0.2, 0) is 19.1 Å². The van der Waals surface area contributed by atoms with Gasteiger partial charge in [0.2, 0.25) is 0 Å². The van der Waals surface area contributed by atoms with Crippen molar-refractivity contribution in [2.24, 2.45) is 5.41 Å². The second-order valence-corrected chi connectivity index (χ2v) is 4.24. The van der Waals surface area contributed by atoms with Crippen LogP contribution >= 0.6 is 0 Å². The van der Waals surface area contributed by atoms with E-state index in [1.54, 1.807) is 6.08 Å². The Morgan fingerprint density at radius 2 is 1.74 bits per heavy atom. The van der Waals surface area contributed by atoms with Gasteiger partial charge in [-0.3, -0.25) is 9.59 Å². The number of ether oxygens (including phenoxy) is 2. The quantitative estimate of drug-likeness (QED) is 0.472. The average molecular weight is 258 g/mol. The fraction of sp³-hybridized carbons (Fsp3) is 0.267. The van der Waals surface area contributed by atoms with E-state index in [1.165, 1.54) is 14.2 Å². The third kappa shape index (κ3) is 2.30. The number of carbonyl (C=O) groups excluding carboxylic acids is 2. The summed E-state index contributed by atoms with van der Waals surface area (Å²) < 4.78 is 9.34. The van der Waals surface area contributed by atoms with E-state index >= 15 is 0 Å². The highest BCUT2D eigenvalue weighted by atomic mass is 16.5. The Balaban J connectivity index is 2.31. The molecule has 4 heteroatoms. The minimum absolute atomic E-state index is 0.301. The van der Waals surface area contributed by atoms with E-state index in [0.717, 1.165) is 5.56 Å². The van der Waals surface area contributed by atoms with Crippen LogP contribution in [0.1, 0.15) is 12.0 Å². The molecule has 1 saturated carbocycles. The molecule has 1 fully saturated rings. The van der Waals surface area contributed by atoms with Crippen LogP contribution in [-0.4, -0.2) is 26.2 Å². The van der Waals surface area contributed by atoms with Crippen molar-refractivity contribution in [3.05, 3.63) is 47.2 Å². The van der Waals surface area contributed by atoms with Crippen LogP contribution in [0.2, 0.25) is 0 Å². The molecule has 0 aliphatic heterocycles. The van der Waals surface area contributed by atoms with Crippen molar-refractivity contribution in [2.45, 2.75) is 6.42 Å². The van der Waals surface area contributed by atoms with Crippen LogP contribution < -0.4 is 0 Å². The molecule has 98 valence electrons. The highest BCUT2D eigenvalue weighted by molar-refractivity contribution is 6.08. The largest absolute Gasteiger partial charge is 0.468 e. The summed E-state index contributed by atoms with van der Waals surface area (Å²) in [6.45, 7) is 0. The molecule has 0 atom stereocenters. The fourth-order valence-electron chi connectivity index (χ4n) is 1.94. The molecule has 0 amide bonds. The van der Waals surface area contributed by atoms with Gasteiger partial charge in [-0.1, -0.05) is 30.3 Å². The van der Waals surface area contributed by atoms with Crippen molar-refractivity contribution in [2.75, 3.05) is 14.2 Å². The van der Waals surface area contributed by atoms with Gasteiger partial charge in [-0.25, -0.2) is 0 Å². The number of hydrogen-bond donors (Lipinski definition) is 0. The molecule has 0 spiro atoms. The zero-order valence-electron chi connectivity index (χ0n) is 10.8. The topological polar surface area (TPSA) is 52.6 Å². The number of carbonyl (C=O) groups is 2. The van der Waals surface area contributed by atoms with E-state index in [9.17, 15) is 9.59 Å². The number of hydrogen-bond acceptors (Lipinski definition) is 4. The van der Waals surface area contributed by atoms with Gasteiger partial charge in [0, 0.05) is 12.0 Å². The predicted octanol–water partition coefficient (Wildman–Crippen LogP) is 1.96. The summed E-state index contributed by atoms with van der Waals surface area (Å²) in [4.78, 5) is 23.4. The Morgan fingerprint density at radius 1 is 1.16 bits per heavy atom. The predicted molar refractivity (Wildman–Crippen MR) is 69.0 cm³/mol. The van der Waals surface area contributed by atoms with Crippen molar-refractivity contribution < 1.29 is 19.1 Å². The summed E-state index contributed by atoms with van der Waals surface area (Å²) in [5, 5.41) is 0. The van der Waals surface area contributed by atoms with Crippen molar-refractivity contribution in [3.63, 3.8) is 0 Å². The molecule has 4 nitrogen and oxygen atoms in total. The minimum atomic E-state index is -1.28. The summed E-state index contributed by atoms with van der Waals surface area (Å²) in [5.41, 5.74) is 3.24. The van der Waals surface area contributed by atoms with E-state index in [4.69, 9.17) is 0 Å². The molecule has 0 unspecified atom stereocenters. The van der Waals surface area contributed by atoms with E-state index < -0.39 is 17.4 Å². The molecule has 0 aromatic heterocycles. The molecule has 0 N–H and O–H groups in total. The third-order valence-electron chi connectivity index (χ3n) is 3.11. The zero-order valence-corrected chi connectivity index (χ0v) is 10.8. The first-order chi connectivity index (χ1) is 9.15. The molecule has 2 rings (SSSR count). The second-order valence-electron chi connectivity index (χ2n) is 4.24. The molecule has 0 bridgehead atoms. The summed E-state index contributed by atoms with van der Waals surface area (Å²) in [6.07, 6.45) is 2.04. The fourth-order valence-corrected chi connectivity index (χ4v) is 1.94. The molecular weight excluding hydrogens is 244 g/mol. The zero-order chi connectivity index (χ0) is 13.9. The van der Waals surface area contributed by atoms with Gasteiger partial charge in [0.15, 0.2) is 5.41 Å². The Hall–Kier alpha value is -2.32. The highest BCUT2D eigenvalue weighted by Gasteiger charge is 2.64. The van der Waals surface area contributed by atoms with Crippen molar-refractivity contribution in [1.82, 2.24) is 0 Å². The van der Waals surface area contributed by atoms with E-state index in [0.29, 0.717) is 12.0 Å². The SMILES string of the molecule is COC(=O)C1(C(=O)OC)CC1=C=Cc1ccccc1. The summed E-state index contributed by atoms with van der Waals surface area (Å²) >= 11 is 0. The first kappa shape index (κ1) is 13.1. The lowest BCUT2D eigenvalue weighted by Crippen LogP contribution is -2.28. The summed E-state index contributed by atoms with van der Waals surface area (Å²) in [5.74, 6) is -1.19. The van der Waals surface area contributed by atoms with Gasteiger partial charge in [0.05, 0.1) is 14.2 Å². The average Bonchev–Trinajstić information content (AvgIpc) is 3.20. The van der Waals surface area contributed by atoms with Crippen LogP contribution in [0.4, 0.5) is 0 Å².